The van der Waals surface area contributed by atoms with Gasteiger partial charge in [0.1, 0.15) is 0 Å². The molecule has 0 saturated heterocycles. The minimum absolute atomic E-state index is 0.194. The molecule has 1 N–H and O–H groups in total. The Morgan fingerprint density at radius 2 is 2.07 bits per heavy atom. The van der Waals surface area contributed by atoms with Gasteiger partial charge >= 0.3 is 0 Å². The van der Waals surface area contributed by atoms with E-state index in [1.165, 1.54) is 19.3 Å². The fraction of sp³-hybridized carbons (Fsp3) is 0.500. The maximum Gasteiger partial charge on any atom is 0.160 e. The number of ether oxygens (including phenoxy) is 1. The number of rotatable bonds is 6. The molecule has 0 spiro atoms. The number of benzene rings is 1. The zero-order chi connectivity index (χ0) is 11.1. The number of phenols is 1. The summed E-state index contributed by atoms with van der Waals surface area (Å²) in [6, 6.07) is 5.28. The van der Waals surface area contributed by atoms with E-state index in [-0.39, 0.29) is 5.75 Å². The fourth-order valence-electron chi connectivity index (χ4n) is 1.32. The lowest BCUT2D eigenvalue weighted by Gasteiger charge is -2.07. The molecule has 0 heterocycles. The van der Waals surface area contributed by atoms with E-state index in [2.05, 4.69) is 22.9 Å². The van der Waals surface area contributed by atoms with E-state index in [1.54, 1.807) is 12.1 Å². The molecule has 0 saturated carbocycles. The third-order valence-electron chi connectivity index (χ3n) is 2.18. The van der Waals surface area contributed by atoms with Crippen LogP contribution >= 0.6 is 15.9 Å². The molecule has 84 valence electrons. The molecule has 0 atom stereocenters. The number of phenolic OH excluding ortho intramolecular Hbond substituents is 1. The van der Waals surface area contributed by atoms with Crippen molar-refractivity contribution in [2.24, 2.45) is 0 Å². The maximum absolute atomic E-state index is 9.54. The van der Waals surface area contributed by atoms with Gasteiger partial charge in [-0.15, -0.1) is 0 Å². The van der Waals surface area contributed by atoms with Crippen molar-refractivity contribution in [3.8, 4) is 11.5 Å². The van der Waals surface area contributed by atoms with Gasteiger partial charge in [0.25, 0.3) is 0 Å². The average molecular weight is 273 g/mol. The molecule has 1 rings (SSSR count). The molecule has 0 amide bonds. The van der Waals surface area contributed by atoms with Gasteiger partial charge in [0.2, 0.25) is 0 Å². The van der Waals surface area contributed by atoms with Crippen LogP contribution in [-0.2, 0) is 0 Å². The third kappa shape index (κ3) is 4.56. The van der Waals surface area contributed by atoms with Gasteiger partial charge in [-0.2, -0.15) is 0 Å². The Bertz CT molecular complexity index is 300. The maximum atomic E-state index is 9.54. The zero-order valence-corrected chi connectivity index (χ0v) is 10.6. The highest BCUT2D eigenvalue weighted by Crippen LogP contribution is 2.29. The van der Waals surface area contributed by atoms with E-state index in [4.69, 9.17) is 4.74 Å². The van der Waals surface area contributed by atoms with E-state index in [1.807, 2.05) is 6.07 Å². The Balaban J connectivity index is 2.31. The van der Waals surface area contributed by atoms with Crippen LogP contribution in [0.1, 0.15) is 32.6 Å². The quantitative estimate of drug-likeness (QED) is 0.790. The summed E-state index contributed by atoms with van der Waals surface area (Å²) in [5, 5.41) is 9.54. The van der Waals surface area contributed by atoms with Gasteiger partial charge in [-0.25, -0.2) is 0 Å². The number of halogens is 1. The van der Waals surface area contributed by atoms with Crippen molar-refractivity contribution in [1.82, 2.24) is 0 Å². The second-order valence-corrected chi connectivity index (χ2v) is 4.44. The van der Waals surface area contributed by atoms with Crippen LogP contribution in [0.15, 0.2) is 22.7 Å². The van der Waals surface area contributed by atoms with Crippen molar-refractivity contribution in [1.29, 1.82) is 0 Å². The van der Waals surface area contributed by atoms with Crippen LogP contribution in [0.4, 0.5) is 0 Å². The van der Waals surface area contributed by atoms with Crippen molar-refractivity contribution >= 4 is 15.9 Å². The van der Waals surface area contributed by atoms with Crippen molar-refractivity contribution in [3.63, 3.8) is 0 Å². The minimum Gasteiger partial charge on any atom is -0.504 e. The van der Waals surface area contributed by atoms with Crippen LogP contribution in [0.3, 0.4) is 0 Å². The molecule has 0 aromatic heterocycles. The predicted octanol–water partition coefficient (Wildman–Crippen LogP) is 4.11. The lowest BCUT2D eigenvalue weighted by Crippen LogP contribution is -1.97. The summed E-state index contributed by atoms with van der Waals surface area (Å²) >= 11 is 3.28. The number of aromatic hydroxyl groups is 1. The SMILES string of the molecule is CCCCCCOc1ccc(Br)cc1O. The van der Waals surface area contributed by atoms with E-state index >= 15 is 0 Å². The summed E-state index contributed by atoms with van der Waals surface area (Å²) in [4.78, 5) is 0. The summed E-state index contributed by atoms with van der Waals surface area (Å²) < 4.78 is 6.33. The Labute approximate surface area is 99.4 Å². The Morgan fingerprint density at radius 3 is 2.73 bits per heavy atom. The topological polar surface area (TPSA) is 29.5 Å². The zero-order valence-electron chi connectivity index (χ0n) is 9.00. The first-order valence-corrected chi connectivity index (χ1v) is 6.14. The Kier molecular flexibility index (Phi) is 5.54. The van der Waals surface area contributed by atoms with Gasteiger partial charge < -0.3 is 9.84 Å². The van der Waals surface area contributed by atoms with Crippen molar-refractivity contribution < 1.29 is 9.84 Å². The molecular formula is C12H17BrO2. The number of unbranched alkanes of at least 4 members (excludes halogenated alkanes) is 3. The normalized spacial score (nSPS) is 10.3. The first-order chi connectivity index (χ1) is 7.24. The van der Waals surface area contributed by atoms with Crippen LogP contribution in [0.25, 0.3) is 0 Å². The largest absolute Gasteiger partial charge is 0.504 e. The highest BCUT2D eigenvalue weighted by atomic mass is 79.9. The van der Waals surface area contributed by atoms with E-state index in [0.717, 1.165) is 10.9 Å². The molecular weight excluding hydrogens is 256 g/mol. The summed E-state index contributed by atoms with van der Waals surface area (Å²) in [7, 11) is 0. The second-order valence-electron chi connectivity index (χ2n) is 3.52. The van der Waals surface area contributed by atoms with Crippen LogP contribution in [0.2, 0.25) is 0 Å². The monoisotopic (exact) mass is 272 g/mol. The number of hydrogen-bond acceptors (Lipinski definition) is 2. The molecule has 15 heavy (non-hydrogen) atoms. The summed E-state index contributed by atoms with van der Waals surface area (Å²) in [6.45, 7) is 2.86. The lowest BCUT2D eigenvalue weighted by molar-refractivity contribution is 0.289. The summed E-state index contributed by atoms with van der Waals surface area (Å²) in [5.74, 6) is 0.759. The Morgan fingerprint density at radius 1 is 1.27 bits per heavy atom. The third-order valence-corrected chi connectivity index (χ3v) is 2.67. The number of hydrogen-bond donors (Lipinski definition) is 1. The van der Waals surface area contributed by atoms with Gasteiger partial charge in [-0.05, 0) is 24.6 Å². The molecule has 0 bridgehead atoms. The molecule has 0 radical (unpaired) electrons. The van der Waals surface area contributed by atoms with Gasteiger partial charge in [-0.1, -0.05) is 42.1 Å². The van der Waals surface area contributed by atoms with Crippen molar-refractivity contribution in [2.45, 2.75) is 32.6 Å². The highest BCUT2D eigenvalue weighted by Gasteiger charge is 2.01. The molecule has 1 aromatic carbocycles. The molecule has 0 unspecified atom stereocenters. The van der Waals surface area contributed by atoms with Gasteiger partial charge in [0.15, 0.2) is 11.5 Å². The lowest BCUT2D eigenvalue weighted by atomic mass is 10.2. The predicted molar refractivity (Wildman–Crippen MR) is 65.4 cm³/mol. The Hall–Kier alpha value is -0.700. The minimum atomic E-state index is 0.194. The first kappa shape index (κ1) is 12.4. The molecule has 3 heteroatoms. The first-order valence-electron chi connectivity index (χ1n) is 5.35. The summed E-state index contributed by atoms with van der Waals surface area (Å²) in [5.41, 5.74) is 0. The van der Waals surface area contributed by atoms with Crippen LogP contribution in [-0.4, -0.2) is 11.7 Å². The van der Waals surface area contributed by atoms with Crippen LogP contribution < -0.4 is 4.74 Å². The van der Waals surface area contributed by atoms with Gasteiger partial charge in [-0.3, -0.25) is 0 Å². The van der Waals surface area contributed by atoms with E-state index < -0.39 is 0 Å². The molecule has 0 aliphatic rings. The second kappa shape index (κ2) is 6.72. The highest BCUT2D eigenvalue weighted by molar-refractivity contribution is 9.10. The average Bonchev–Trinajstić information content (AvgIpc) is 2.20. The van der Waals surface area contributed by atoms with Gasteiger partial charge in [0, 0.05) is 4.47 Å². The van der Waals surface area contributed by atoms with E-state index in [9.17, 15) is 5.11 Å². The fourth-order valence-corrected chi connectivity index (χ4v) is 1.67. The van der Waals surface area contributed by atoms with E-state index in [0.29, 0.717) is 12.4 Å². The molecule has 0 aliphatic heterocycles. The van der Waals surface area contributed by atoms with Crippen molar-refractivity contribution in [3.05, 3.63) is 22.7 Å². The molecule has 0 fully saturated rings. The standard InChI is InChI=1S/C12H17BrO2/c1-2-3-4-5-8-15-12-7-6-10(13)9-11(12)14/h6-7,9,14H,2-5,8H2,1H3. The van der Waals surface area contributed by atoms with Gasteiger partial charge in [0.05, 0.1) is 6.61 Å². The molecule has 0 aliphatic carbocycles. The molecule has 2 nitrogen and oxygen atoms in total. The van der Waals surface area contributed by atoms with Crippen LogP contribution in [0.5, 0.6) is 11.5 Å². The van der Waals surface area contributed by atoms with Crippen LogP contribution in [0, 0.1) is 0 Å². The van der Waals surface area contributed by atoms with Crippen molar-refractivity contribution in [2.75, 3.05) is 6.61 Å². The molecule has 1 aromatic rings. The summed E-state index contributed by atoms with van der Waals surface area (Å²) in [6.07, 6.45) is 4.70. The smallest absolute Gasteiger partial charge is 0.160 e.